The van der Waals surface area contributed by atoms with E-state index in [0.29, 0.717) is 12.2 Å². The molecule has 0 spiro atoms. The van der Waals surface area contributed by atoms with Gasteiger partial charge in [0.25, 0.3) is 0 Å². The molecule has 1 aromatic rings. The van der Waals surface area contributed by atoms with Gasteiger partial charge in [-0.15, -0.1) is 0 Å². The number of hydrogen-bond donors (Lipinski definition) is 2. The molecule has 128 valence electrons. The Bertz CT molecular complexity index is 544. The van der Waals surface area contributed by atoms with Gasteiger partial charge < -0.3 is 14.9 Å². The van der Waals surface area contributed by atoms with Gasteiger partial charge in [0.15, 0.2) is 17.3 Å². The Morgan fingerprint density at radius 3 is 2.65 bits per heavy atom. The minimum Gasteiger partial charge on any atom is -0.504 e. The van der Waals surface area contributed by atoms with Crippen LogP contribution in [0.5, 0.6) is 11.5 Å². The van der Waals surface area contributed by atoms with Crippen molar-refractivity contribution in [3.8, 4) is 11.5 Å². The van der Waals surface area contributed by atoms with Gasteiger partial charge in [-0.3, -0.25) is 4.79 Å². The minimum atomic E-state index is -1.02. The summed E-state index contributed by atoms with van der Waals surface area (Å²) in [6.07, 6.45) is 3.66. The molecular formula is C19H28O4. The van der Waals surface area contributed by atoms with Crippen molar-refractivity contribution in [1.29, 1.82) is 0 Å². The number of carbonyl (C=O) groups is 1. The lowest BCUT2D eigenvalue weighted by Crippen LogP contribution is -2.24. The molecule has 1 aromatic carbocycles. The van der Waals surface area contributed by atoms with Crippen LogP contribution in [0.1, 0.15) is 45.6 Å². The van der Waals surface area contributed by atoms with Crippen LogP contribution in [0.15, 0.2) is 29.8 Å². The summed E-state index contributed by atoms with van der Waals surface area (Å²) < 4.78 is 5.03. The molecule has 1 rings (SSSR count). The topological polar surface area (TPSA) is 66.8 Å². The van der Waals surface area contributed by atoms with Crippen molar-refractivity contribution in [2.45, 2.75) is 52.6 Å². The molecule has 4 heteroatoms. The van der Waals surface area contributed by atoms with E-state index in [1.54, 1.807) is 12.1 Å². The SMILES string of the molecule is COc1cc(CC(O)C(=O)C[C@@H](C)CCC=C(C)C)ccc1O. The number of Topliss-reactive ketones (excluding diaryl/α,β-unsaturated/α-hetero) is 1. The number of rotatable bonds is 9. The molecule has 4 nitrogen and oxygen atoms in total. The van der Waals surface area contributed by atoms with Gasteiger partial charge in [0.05, 0.1) is 7.11 Å². The molecule has 1 unspecified atom stereocenters. The van der Waals surface area contributed by atoms with Gasteiger partial charge in [-0.05, 0) is 50.3 Å². The highest BCUT2D eigenvalue weighted by molar-refractivity contribution is 5.83. The van der Waals surface area contributed by atoms with Gasteiger partial charge in [-0.1, -0.05) is 24.6 Å². The average molecular weight is 320 g/mol. The Hall–Kier alpha value is -1.81. The molecule has 0 radical (unpaired) electrons. The van der Waals surface area contributed by atoms with Gasteiger partial charge in [0.1, 0.15) is 6.10 Å². The highest BCUT2D eigenvalue weighted by atomic mass is 16.5. The van der Waals surface area contributed by atoms with E-state index < -0.39 is 6.10 Å². The molecule has 2 atom stereocenters. The molecule has 0 amide bonds. The van der Waals surface area contributed by atoms with Crippen LogP contribution in [0, 0.1) is 5.92 Å². The highest BCUT2D eigenvalue weighted by Gasteiger charge is 2.18. The summed E-state index contributed by atoms with van der Waals surface area (Å²) in [5.41, 5.74) is 2.04. The molecule has 0 saturated carbocycles. The quantitative estimate of drug-likeness (QED) is 0.682. The zero-order valence-electron chi connectivity index (χ0n) is 14.5. The molecule has 0 saturated heterocycles. The number of allylic oxidation sites excluding steroid dienone is 2. The van der Waals surface area contributed by atoms with E-state index in [1.807, 2.05) is 6.92 Å². The van der Waals surface area contributed by atoms with E-state index in [2.05, 4.69) is 19.9 Å². The van der Waals surface area contributed by atoms with E-state index in [4.69, 9.17) is 4.74 Å². The van der Waals surface area contributed by atoms with Crippen molar-refractivity contribution in [1.82, 2.24) is 0 Å². The molecule has 0 aliphatic rings. The number of aromatic hydroxyl groups is 1. The predicted molar refractivity (Wildman–Crippen MR) is 91.8 cm³/mol. The van der Waals surface area contributed by atoms with Crippen LogP contribution in [-0.2, 0) is 11.2 Å². The second kappa shape index (κ2) is 9.36. The van der Waals surface area contributed by atoms with Crippen LogP contribution in [0.25, 0.3) is 0 Å². The fourth-order valence-electron chi connectivity index (χ4n) is 2.42. The molecule has 0 aliphatic carbocycles. The standard InChI is InChI=1S/C19H28O4/c1-13(2)6-5-7-14(3)10-17(21)18(22)11-15-8-9-16(20)19(12-15)23-4/h6,8-9,12,14,18,20,22H,5,7,10-11H2,1-4H3/t14-,18?/m0/s1. The summed E-state index contributed by atoms with van der Waals surface area (Å²) in [6.45, 7) is 6.16. The first-order valence-electron chi connectivity index (χ1n) is 8.03. The predicted octanol–water partition coefficient (Wildman–Crippen LogP) is 3.65. The maximum Gasteiger partial charge on any atom is 0.161 e. The van der Waals surface area contributed by atoms with Crippen LogP contribution >= 0.6 is 0 Å². The lowest BCUT2D eigenvalue weighted by molar-refractivity contribution is -0.127. The second-order valence-electron chi connectivity index (χ2n) is 6.36. The first kappa shape index (κ1) is 19.2. The normalized spacial score (nSPS) is 13.3. The average Bonchev–Trinajstić information content (AvgIpc) is 2.48. The number of carbonyl (C=O) groups excluding carboxylic acids is 1. The molecule has 0 aromatic heterocycles. The van der Waals surface area contributed by atoms with E-state index in [9.17, 15) is 15.0 Å². The van der Waals surface area contributed by atoms with Crippen LogP contribution in [0.2, 0.25) is 0 Å². The van der Waals surface area contributed by atoms with Crippen molar-refractivity contribution in [3.05, 3.63) is 35.4 Å². The van der Waals surface area contributed by atoms with Crippen molar-refractivity contribution < 1.29 is 19.7 Å². The molecule has 0 bridgehead atoms. The Balaban J connectivity index is 2.52. The summed E-state index contributed by atoms with van der Waals surface area (Å²) in [5.74, 6) is 0.506. The van der Waals surface area contributed by atoms with Crippen molar-refractivity contribution in [2.75, 3.05) is 7.11 Å². The van der Waals surface area contributed by atoms with Crippen LogP contribution < -0.4 is 4.74 Å². The van der Waals surface area contributed by atoms with Gasteiger partial charge in [-0.25, -0.2) is 0 Å². The third-order valence-electron chi connectivity index (χ3n) is 3.81. The Morgan fingerprint density at radius 1 is 1.35 bits per heavy atom. The maximum absolute atomic E-state index is 12.1. The number of phenols is 1. The first-order valence-corrected chi connectivity index (χ1v) is 8.03. The Labute approximate surface area is 138 Å². The van der Waals surface area contributed by atoms with Gasteiger partial charge in [0, 0.05) is 12.8 Å². The van der Waals surface area contributed by atoms with E-state index >= 15 is 0 Å². The van der Waals surface area contributed by atoms with Crippen LogP contribution in [0.4, 0.5) is 0 Å². The second-order valence-corrected chi connectivity index (χ2v) is 6.36. The largest absolute Gasteiger partial charge is 0.504 e. The zero-order valence-corrected chi connectivity index (χ0v) is 14.5. The third kappa shape index (κ3) is 6.87. The fourth-order valence-corrected chi connectivity index (χ4v) is 2.42. The summed E-state index contributed by atoms with van der Waals surface area (Å²) in [4.78, 5) is 12.1. The fraction of sp³-hybridized carbons (Fsp3) is 0.526. The number of hydrogen-bond acceptors (Lipinski definition) is 4. The molecular weight excluding hydrogens is 292 g/mol. The number of aliphatic hydroxyl groups excluding tert-OH is 1. The van der Waals surface area contributed by atoms with Crippen LogP contribution in [-0.4, -0.2) is 29.2 Å². The smallest absolute Gasteiger partial charge is 0.161 e. The number of phenolic OH excluding ortho intramolecular Hbond substituents is 1. The summed E-state index contributed by atoms with van der Waals surface area (Å²) in [6, 6.07) is 4.84. The minimum absolute atomic E-state index is 0.0463. The summed E-state index contributed by atoms with van der Waals surface area (Å²) in [5, 5.41) is 19.7. The van der Waals surface area contributed by atoms with Crippen molar-refractivity contribution >= 4 is 5.78 Å². The van der Waals surface area contributed by atoms with Crippen molar-refractivity contribution in [2.24, 2.45) is 5.92 Å². The molecule has 0 heterocycles. The van der Waals surface area contributed by atoms with Gasteiger partial charge >= 0.3 is 0 Å². The molecule has 0 fully saturated rings. The number of ether oxygens (including phenoxy) is 1. The highest BCUT2D eigenvalue weighted by Crippen LogP contribution is 2.27. The molecule has 0 aliphatic heterocycles. The number of methoxy groups -OCH3 is 1. The Morgan fingerprint density at radius 2 is 2.04 bits per heavy atom. The summed E-state index contributed by atoms with van der Waals surface area (Å²) >= 11 is 0. The molecule has 23 heavy (non-hydrogen) atoms. The molecule has 2 N–H and O–H groups in total. The number of ketones is 1. The van der Waals surface area contributed by atoms with Crippen molar-refractivity contribution in [3.63, 3.8) is 0 Å². The van der Waals surface area contributed by atoms with E-state index in [1.165, 1.54) is 18.7 Å². The monoisotopic (exact) mass is 320 g/mol. The number of benzene rings is 1. The first-order chi connectivity index (χ1) is 10.8. The lowest BCUT2D eigenvalue weighted by Gasteiger charge is -2.14. The van der Waals surface area contributed by atoms with Crippen LogP contribution in [0.3, 0.4) is 0 Å². The van der Waals surface area contributed by atoms with Gasteiger partial charge in [0.2, 0.25) is 0 Å². The lowest BCUT2D eigenvalue weighted by atomic mass is 9.94. The maximum atomic E-state index is 12.1. The Kier molecular flexibility index (Phi) is 7.83. The number of aliphatic hydroxyl groups is 1. The zero-order chi connectivity index (χ0) is 17.4. The summed E-state index contributed by atoms with van der Waals surface area (Å²) in [7, 11) is 1.47. The van der Waals surface area contributed by atoms with E-state index in [-0.39, 0.29) is 23.9 Å². The third-order valence-corrected chi connectivity index (χ3v) is 3.81. The van der Waals surface area contributed by atoms with E-state index in [0.717, 1.165) is 18.4 Å². The van der Waals surface area contributed by atoms with Gasteiger partial charge in [-0.2, -0.15) is 0 Å².